The fourth-order valence-electron chi connectivity index (χ4n) is 1.95. The van der Waals surface area contributed by atoms with Gasteiger partial charge in [-0.05, 0) is 6.92 Å². The topological polar surface area (TPSA) is 56.7 Å². The summed E-state index contributed by atoms with van der Waals surface area (Å²) in [5.74, 6) is 0.297. The molecule has 0 aliphatic carbocycles. The quantitative estimate of drug-likeness (QED) is 0.727. The predicted octanol–water partition coefficient (Wildman–Crippen LogP) is 3.46. The first-order valence-electron chi connectivity index (χ1n) is 6.37. The number of alkyl halides is 3. The molecular weight excluding hydrogens is 297 g/mol. The second-order valence-corrected chi connectivity index (χ2v) is 4.83. The maximum absolute atomic E-state index is 12.7. The number of halogens is 3. The Kier molecular flexibility index (Phi) is 3.23. The molecule has 22 heavy (non-hydrogen) atoms. The van der Waals surface area contributed by atoms with E-state index in [0.717, 1.165) is 21.9 Å². The van der Waals surface area contributed by atoms with E-state index in [1.165, 1.54) is 7.05 Å². The van der Waals surface area contributed by atoms with Crippen molar-refractivity contribution < 1.29 is 17.7 Å². The molecule has 1 aromatic carbocycles. The van der Waals surface area contributed by atoms with Crippen LogP contribution in [0.3, 0.4) is 0 Å². The van der Waals surface area contributed by atoms with Crippen LogP contribution in [-0.2, 0) is 13.2 Å². The molecule has 0 N–H and O–H groups in total. The molecule has 5 nitrogen and oxygen atoms in total. The first-order valence-corrected chi connectivity index (χ1v) is 6.37. The number of aromatic nitrogens is 4. The number of hydrogen-bond donors (Lipinski definition) is 0. The van der Waals surface area contributed by atoms with E-state index in [9.17, 15) is 13.2 Å². The Morgan fingerprint density at radius 2 is 1.82 bits per heavy atom. The van der Waals surface area contributed by atoms with Crippen molar-refractivity contribution in [1.82, 2.24) is 19.9 Å². The number of benzene rings is 1. The van der Waals surface area contributed by atoms with E-state index >= 15 is 0 Å². The van der Waals surface area contributed by atoms with Crippen molar-refractivity contribution >= 4 is 0 Å². The van der Waals surface area contributed by atoms with Crippen molar-refractivity contribution in [3.05, 3.63) is 41.6 Å². The highest BCUT2D eigenvalue weighted by Crippen LogP contribution is 2.31. The summed E-state index contributed by atoms with van der Waals surface area (Å²) < 4.78 is 44.1. The molecular formula is C14H11F3N4O. The molecule has 0 saturated heterocycles. The fraction of sp³-hybridized carbons (Fsp3) is 0.214. The largest absolute Gasteiger partial charge is 0.435 e. The van der Waals surface area contributed by atoms with Crippen molar-refractivity contribution in [1.29, 1.82) is 0 Å². The average molecular weight is 308 g/mol. The summed E-state index contributed by atoms with van der Waals surface area (Å²) in [6, 6.07) is 8.28. The highest BCUT2D eigenvalue weighted by molar-refractivity contribution is 5.58. The van der Waals surface area contributed by atoms with E-state index < -0.39 is 11.9 Å². The minimum absolute atomic E-state index is 0.0129. The van der Waals surface area contributed by atoms with Crippen molar-refractivity contribution in [3.8, 4) is 23.0 Å². The molecule has 0 spiro atoms. The first-order chi connectivity index (χ1) is 10.3. The summed E-state index contributed by atoms with van der Waals surface area (Å²) >= 11 is 0. The van der Waals surface area contributed by atoms with Crippen LogP contribution in [0.25, 0.3) is 23.0 Å². The Labute approximate surface area is 123 Å². The number of aryl methyl sites for hydroxylation is 2. The van der Waals surface area contributed by atoms with Gasteiger partial charge in [-0.15, -0.1) is 0 Å². The normalized spacial score (nSPS) is 11.9. The lowest BCUT2D eigenvalue weighted by Crippen LogP contribution is -2.06. The van der Waals surface area contributed by atoms with E-state index in [-0.39, 0.29) is 11.6 Å². The Morgan fingerprint density at radius 1 is 1.14 bits per heavy atom. The molecule has 0 fully saturated rings. The lowest BCUT2D eigenvalue weighted by molar-refractivity contribution is -0.141. The molecule has 0 saturated carbocycles. The van der Waals surface area contributed by atoms with Crippen molar-refractivity contribution in [2.45, 2.75) is 13.1 Å². The van der Waals surface area contributed by atoms with Crippen LogP contribution in [0.4, 0.5) is 13.2 Å². The van der Waals surface area contributed by atoms with Crippen molar-refractivity contribution in [3.63, 3.8) is 0 Å². The minimum atomic E-state index is -4.52. The molecule has 0 aliphatic rings. The summed E-state index contributed by atoms with van der Waals surface area (Å²) in [7, 11) is 1.39. The van der Waals surface area contributed by atoms with Crippen LogP contribution in [0.2, 0.25) is 0 Å². The van der Waals surface area contributed by atoms with Gasteiger partial charge in [-0.3, -0.25) is 4.68 Å². The van der Waals surface area contributed by atoms with Crippen molar-refractivity contribution in [2.24, 2.45) is 7.05 Å². The van der Waals surface area contributed by atoms with Crippen LogP contribution in [-0.4, -0.2) is 19.9 Å². The summed E-state index contributed by atoms with van der Waals surface area (Å²) in [4.78, 5) is 4.13. The van der Waals surface area contributed by atoms with Gasteiger partial charge in [0.2, 0.25) is 5.82 Å². The van der Waals surface area contributed by atoms with E-state index in [1.807, 2.05) is 31.2 Å². The Morgan fingerprint density at radius 3 is 2.41 bits per heavy atom. The second-order valence-electron chi connectivity index (χ2n) is 4.83. The first kappa shape index (κ1) is 14.3. The standard InChI is InChI=1S/C14H11F3N4O/c1-8-3-5-9(6-4-8)12-18-13(22-20-12)10-7-11(14(15,16)17)19-21(10)2/h3-7H,1-2H3. The smallest absolute Gasteiger partial charge is 0.332 e. The fourth-order valence-corrected chi connectivity index (χ4v) is 1.95. The highest BCUT2D eigenvalue weighted by Gasteiger charge is 2.35. The number of hydrogen-bond acceptors (Lipinski definition) is 4. The van der Waals surface area contributed by atoms with Crippen LogP contribution < -0.4 is 0 Å². The maximum Gasteiger partial charge on any atom is 0.435 e. The zero-order valence-corrected chi connectivity index (χ0v) is 11.7. The molecule has 0 atom stereocenters. The minimum Gasteiger partial charge on any atom is -0.332 e. The Bertz CT molecular complexity index is 802. The third-order valence-corrected chi connectivity index (χ3v) is 3.13. The molecule has 114 valence electrons. The summed E-state index contributed by atoms with van der Waals surface area (Å²) in [5.41, 5.74) is 0.908. The van der Waals surface area contributed by atoms with Gasteiger partial charge in [0, 0.05) is 18.7 Å². The highest BCUT2D eigenvalue weighted by atomic mass is 19.4. The summed E-state index contributed by atoms with van der Waals surface area (Å²) in [6.07, 6.45) is -4.52. The molecule has 0 bridgehead atoms. The second kappa shape index (κ2) is 4.97. The molecule has 0 amide bonds. The molecule has 2 aromatic heterocycles. The van der Waals surface area contributed by atoms with Gasteiger partial charge in [-0.2, -0.15) is 23.3 Å². The van der Waals surface area contributed by atoms with Gasteiger partial charge in [0.15, 0.2) is 5.69 Å². The Hall–Kier alpha value is -2.64. The third-order valence-electron chi connectivity index (χ3n) is 3.13. The van der Waals surface area contributed by atoms with Crippen LogP contribution in [0.15, 0.2) is 34.9 Å². The number of nitrogens with zero attached hydrogens (tertiary/aromatic N) is 4. The summed E-state index contributed by atoms with van der Waals surface area (Å²) in [6.45, 7) is 1.94. The Balaban J connectivity index is 1.97. The van der Waals surface area contributed by atoms with E-state index in [1.54, 1.807) is 0 Å². The zero-order valence-electron chi connectivity index (χ0n) is 11.7. The van der Waals surface area contributed by atoms with Crippen molar-refractivity contribution in [2.75, 3.05) is 0 Å². The van der Waals surface area contributed by atoms with Gasteiger partial charge in [-0.25, -0.2) is 0 Å². The van der Waals surface area contributed by atoms with Gasteiger partial charge in [-0.1, -0.05) is 35.0 Å². The lowest BCUT2D eigenvalue weighted by atomic mass is 10.1. The number of rotatable bonds is 2. The molecule has 0 unspecified atom stereocenters. The van der Waals surface area contributed by atoms with Crippen LogP contribution >= 0.6 is 0 Å². The molecule has 0 radical (unpaired) electrons. The van der Waals surface area contributed by atoms with Gasteiger partial charge in [0.05, 0.1) is 0 Å². The lowest BCUT2D eigenvalue weighted by Gasteiger charge is -1.98. The predicted molar refractivity (Wildman–Crippen MR) is 71.7 cm³/mol. The maximum atomic E-state index is 12.7. The third kappa shape index (κ3) is 2.59. The van der Waals surface area contributed by atoms with Crippen LogP contribution in [0.5, 0.6) is 0 Å². The van der Waals surface area contributed by atoms with Crippen LogP contribution in [0, 0.1) is 6.92 Å². The zero-order chi connectivity index (χ0) is 15.9. The monoisotopic (exact) mass is 308 g/mol. The van der Waals surface area contributed by atoms with Crippen LogP contribution in [0.1, 0.15) is 11.3 Å². The van der Waals surface area contributed by atoms with Gasteiger partial charge < -0.3 is 4.52 Å². The van der Waals surface area contributed by atoms with E-state index in [4.69, 9.17) is 4.52 Å². The molecule has 0 aliphatic heterocycles. The SMILES string of the molecule is Cc1ccc(-c2noc(-c3cc(C(F)(F)F)nn3C)n2)cc1. The van der Waals surface area contributed by atoms with Gasteiger partial charge >= 0.3 is 6.18 Å². The molecule has 3 rings (SSSR count). The summed E-state index contributed by atoms with van der Waals surface area (Å²) in [5, 5.41) is 7.21. The van der Waals surface area contributed by atoms with Gasteiger partial charge in [0.1, 0.15) is 5.69 Å². The van der Waals surface area contributed by atoms with Gasteiger partial charge in [0.25, 0.3) is 5.89 Å². The molecule has 3 aromatic rings. The molecule has 8 heteroatoms. The van der Waals surface area contributed by atoms with E-state index in [2.05, 4.69) is 15.2 Å². The molecule has 2 heterocycles. The average Bonchev–Trinajstić information content (AvgIpc) is 3.05. The van der Waals surface area contributed by atoms with E-state index in [0.29, 0.717) is 5.82 Å².